The first-order valence-corrected chi connectivity index (χ1v) is 9.75. The van der Waals surface area contributed by atoms with Crippen LogP contribution in [0.3, 0.4) is 0 Å². The molecular weight excluding hydrogens is 392 g/mol. The zero-order valence-electron chi connectivity index (χ0n) is 16.0. The lowest BCUT2D eigenvalue weighted by Gasteiger charge is -2.22. The van der Waals surface area contributed by atoms with E-state index < -0.39 is 28.6 Å². The number of carboxylic acids is 1. The third-order valence-corrected chi connectivity index (χ3v) is 5.90. The summed E-state index contributed by atoms with van der Waals surface area (Å²) in [6, 6.07) is 6.62. The molecule has 1 aromatic heterocycles. The molecule has 2 heterocycles. The Balaban J connectivity index is 1.69. The molecule has 8 heteroatoms. The maximum Gasteiger partial charge on any atom is 0.341 e. The number of aromatic carboxylic acids is 1. The molecule has 5 rings (SSSR count). The highest BCUT2D eigenvalue weighted by Gasteiger charge is 2.32. The maximum absolute atomic E-state index is 15.7. The van der Waals surface area contributed by atoms with E-state index in [1.165, 1.54) is 10.8 Å². The van der Waals surface area contributed by atoms with Gasteiger partial charge in [-0.25, -0.2) is 13.6 Å². The molecule has 0 amide bonds. The van der Waals surface area contributed by atoms with E-state index >= 15 is 8.78 Å². The maximum atomic E-state index is 15.7. The van der Waals surface area contributed by atoms with E-state index in [-0.39, 0.29) is 22.6 Å². The summed E-state index contributed by atoms with van der Waals surface area (Å²) in [5.74, 6) is -3.13. The van der Waals surface area contributed by atoms with Crippen LogP contribution in [-0.4, -0.2) is 15.6 Å². The number of fused-ring (bicyclic) bond motifs is 2. The normalized spacial score (nSPS) is 15.6. The van der Waals surface area contributed by atoms with Crippen molar-refractivity contribution >= 4 is 22.6 Å². The molecule has 2 aromatic carbocycles. The van der Waals surface area contributed by atoms with Crippen LogP contribution in [0, 0.1) is 11.6 Å². The largest absolute Gasteiger partial charge is 0.477 e. The number of halogens is 2. The van der Waals surface area contributed by atoms with Gasteiger partial charge in [-0.05, 0) is 35.6 Å². The molecular formula is C22H19F2N3O3. The first-order chi connectivity index (χ1) is 14.4. The van der Waals surface area contributed by atoms with Crippen LogP contribution < -0.4 is 16.1 Å². The van der Waals surface area contributed by atoms with Gasteiger partial charge in [-0.2, -0.15) is 0 Å². The molecule has 0 saturated heterocycles. The number of nitrogens with zero attached hydrogens (tertiary/aromatic N) is 2. The van der Waals surface area contributed by atoms with Crippen molar-refractivity contribution in [1.29, 1.82) is 0 Å². The Hall–Kier alpha value is -3.26. The van der Waals surface area contributed by atoms with Crippen LogP contribution in [0.2, 0.25) is 0 Å². The Morgan fingerprint density at radius 3 is 2.57 bits per heavy atom. The smallest absolute Gasteiger partial charge is 0.341 e. The third-order valence-electron chi connectivity index (χ3n) is 5.90. The van der Waals surface area contributed by atoms with E-state index in [1.54, 1.807) is 4.90 Å². The van der Waals surface area contributed by atoms with Crippen molar-refractivity contribution in [2.45, 2.75) is 38.5 Å². The van der Waals surface area contributed by atoms with Crippen molar-refractivity contribution in [2.24, 2.45) is 5.73 Å². The Kier molecular flexibility index (Phi) is 4.14. The molecule has 1 aliphatic carbocycles. The average molecular weight is 411 g/mol. The monoisotopic (exact) mass is 411 g/mol. The lowest BCUT2D eigenvalue weighted by molar-refractivity contribution is 0.0694. The molecule has 3 N–H and O–H groups in total. The van der Waals surface area contributed by atoms with E-state index in [0.29, 0.717) is 19.6 Å². The molecule has 0 bridgehead atoms. The second kappa shape index (κ2) is 6.63. The molecule has 0 unspecified atom stereocenters. The second-order valence-electron chi connectivity index (χ2n) is 7.90. The molecule has 154 valence electrons. The van der Waals surface area contributed by atoms with Gasteiger partial charge in [0.1, 0.15) is 17.1 Å². The second-order valence-corrected chi connectivity index (χ2v) is 7.90. The molecule has 0 spiro atoms. The van der Waals surface area contributed by atoms with Crippen LogP contribution in [-0.2, 0) is 19.6 Å². The van der Waals surface area contributed by atoms with Crippen LogP contribution in [0.15, 0.2) is 35.3 Å². The van der Waals surface area contributed by atoms with Gasteiger partial charge in [0.15, 0.2) is 5.82 Å². The van der Waals surface area contributed by atoms with E-state index in [2.05, 4.69) is 0 Å². The molecule has 1 saturated carbocycles. The van der Waals surface area contributed by atoms with Gasteiger partial charge in [0.2, 0.25) is 5.43 Å². The van der Waals surface area contributed by atoms with Gasteiger partial charge in [0, 0.05) is 31.9 Å². The molecule has 0 atom stereocenters. The first kappa shape index (κ1) is 18.7. The van der Waals surface area contributed by atoms with Gasteiger partial charge in [-0.3, -0.25) is 4.79 Å². The minimum Gasteiger partial charge on any atom is -0.477 e. The Morgan fingerprint density at radius 2 is 1.90 bits per heavy atom. The van der Waals surface area contributed by atoms with Crippen LogP contribution in [0.25, 0.3) is 10.9 Å². The summed E-state index contributed by atoms with van der Waals surface area (Å²) in [7, 11) is 0. The quantitative estimate of drug-likeness (QED) is 0.688. The lowest BCUT2D eigenvalue weighted by atomic mass is 10.1. The van der Waals surface area contributed by atoms with Gasteiger partial charge >= 0.3 is 5.97 Å². The fraction of sp³-hybridized carbons (Fsp3) is 0.273. The van der Waals surface area contributed by atoms with Gasteiger partial charge < -0.3 is 20.3 Å². The molecule has 2 aliphatic rings. The fourth-order valence-electron chi connectivity index (χ4n) is 4.25. The fourth-order valence-corrected chi connectivity index (χ4v) is 4.25. The number of hydrogen-bond donors (Lipinski definition) is 2. The predicted molar refractivity (Wildman–Crippen MR) is 108 cm³/mol. The number of hydrogen-bond acceptors (Lipinski definition) is 4. The van der Waals surface area contributed by atoms with E-state index in [0.717, 1.165) is 35.6 Å². The van der Waals surface area contributed by atoms with Crippen LogP contribution >= 0.6 is 0 Å². The Morgan fingerprint density at radius 1 is 1.17 bits per heavy atom. The standard InChI is InChI=1S/C22H19F2N3O3/c23-17-6-15-19(27(14-3-4-14)10-16(21(15)28)22(29)30)18(24)20(17)26-8-12-2-1-11(7-25)5-13(12)9-26/h1-2,5-6,10,14H,3-4,7-9,25H2,(H,29,30). The van der Waals surface area contributed by atoms with Gasteiger partial charge in [0.05, 0.1) is 10.9 Å². The number of nitrogens with two attached hydrogens (primary N) is 1. The number of benzene rings is 2. The number of rotatable bonds is 4. The molecule has 6 nitrogen and oxygen atoms in total. The highest BCUT2D eigenvalue weighted by molar-refractivity contribution is 5.94. The number of pyridine rings is 1. The molecule has 3 aromatic rings. The van der Waals surface area contributed by atoms with Crippen molar-refractivity contribution in [2.75, 3.05) is 4.90 Å². The van der Waals surface area contributed by atoms with Crippen molar-refractivity contribution in [1.82, 2.24) is 4.57 Å². The summed E-state index contributed by atoms with van der Waals surface area (Å²) in [6.45, 7) is 1.04. The van der Waals surface area contributed by atoms with Crippen LogP contribution in [0.1, 0.15) is 45.9 Å². The van der Waals surface area contributed by atoms with Gasteiger partial charge in [0.25, 0.3) is 0 Å². The summed E-state index contributed by atoms with van der Waals surface area (Å²) >= 11 is 0. The summed E-state index contributed by atoms with van der Waals surface area (Å²) in [4.78, 5) is 25.7. The van der Waals surface area contributed by atoms with E-state index in [4.69, 9.17) is 5.73 Å². The Bertz CT molecular complexity index is 1280. The number of anilines is 1. The zero-order valence-corrected chi connectivity index (χ0v) is 16.0. The number of carboxylic acid groups (broad SMARTS) is 1. The van der Waals surface area contributed by atoms with Crippen LogP contribution in [0.4, 0.5) is 14.5 Å². The first-order valence-electron chi connectivity index (χ1n) is 9.75. The van der Waals surface area contributed by atoms with Crippen molar-refractivity contribution in [3.05, 3.63) is 74.6 Å². The number of carbonyl (C=O) groups is 1. The lowest BCUT2D eigenvalue weighted by Crippen LogP contribution is -2.22. The molecule has 1 aliphatic heterocycles. The zero-order chi connectivity index (χ0) is 21.2. The Labute approximate surface area is 170 Å². The SMILES string of the molecule is NCc1ccc2c(c1)CN(c1c(F)cc3c(=O)c(C(=O)O)cn(C4CC4)c3c1F)C2. The van der Waals surface area contributed by atoms with E-state index in [1.807, 2.05) is 18.2 Å². The summed E-state index contributed by atoms with van der Waals surface area (Å²) in [6.07, 6.45) is 2.68. The molecule has 0 radical (unpaired) electrons. The van der Waals surface area contributed by atoms with E-state index in [9.17, 15) is 14.7 Å². The van der Waals surface area contributed by atoms with Gasteiger partial charge in [-0.1, -0.05) is 18.2 Å². The summed E-state index contributed by atoms with van der Waals surface area (Å²) in [5.41, 5.74) is 6.95. The average Bonchev–Trinajstić information content (AvgIpc) is 3.47. The molecule has 1 fully saturated rings. The van der Waals surface area contributed by atoms with Gasteiger partial charge in [-0.15, -0.1) is 0 Å². The van der Waals surface area contributed by atoms with Crippen molar-refractivity contribution < 1.29 is 18.7 Å². The minimum atomic E-state index is -1.41. The topological polar surface area (TPSA) is 88.6 Å². The predicted octanol–water partition coefficient (Wildman–Crippen LogP) is 3.29. The number of aromatic nitrogens is 1. The highest BCUT2D eigenvalue weighted by atomic mass is 19.1. The summed E-state index contributed by atoms with van der Waals surface area (Å²) < 4.78 is 32.2. The summed E-state index contributed by atoms with van der Waals surface area (Å²) in [5, 5.41) is 9.09. The molecule has 30 heavy (non-hydrogen) atoms. The van der Waals surface area contributed by atoms with Crippen molar-refractivity contribution in [3.8, 4) is 0 Å². The minimum absolute atomic E-state index is 0.0393. The third kappa shape index (κ3) is 2.79. The highest BCUT2D eigenvalue weighted by Crippen LogP contribution is 2.41. The van der Waals surface area contributed by atoms with Crippen molar-refractivity contribution in [3.63, 3.8) is 0 Å². The van der Waals surface area contributed by atoms with Crippen LogP contribution in [0.5, 0.6) is 0 Å².